The number of piperidine rings is 1. The molecule has 2 N–H and O–H groups in total. The average Bonchev–Trinajstić information content (AvgIpc) is 2.85. The number of likely N-dealkylation sites (tertiary alicyclic amines) is 1. The van der Waals surface area contributed by atoms with Crippen molar-refractivity contribution >= 4 is 11.5 Å². The van der Waals surface area contributed by atoms with Crippen LogP contribution < -0.4 is 0 Å². The largest absolute Gasteiger partial charge is 0.478 e. The first-order valence-corrected chi connectivity index (χ1v) is 9.33. The van der Waals surface area contributed by atoms with E-state index >= 15 is 0 Å². The molecule has 1 unspecified atom stereocenters. The SMILES string of the molecule is Cc1c(C(=O)O)c2cccnn2c1C(C)C1CCN(CC(C)(C)O)CC1. The van der Waals surface area contributed by atoms with Crippen LogP contribution in [0.2, 0.25) is 0 Å². The number of nitrogens with zero attached hydrogens (tertiary/aromatic N) is 3. The molecule has 0 aromatic carbocycles. The van der Waals surface area contributed by atoms with E-state index in [0.717, 1.165) is 37.2 Å². The van der Waals surface area contributed by atoms with Crippen LogP contribution in [-0.2, 0) is 0 Å². The zero-order valence-corrected chi connectivity index (χ0v) is 16.1. The van der Waals surface area contributed by atoms with Crippen molar-refractivity contribution < 1.29 is 15.0 Å². The number of carboxylic acids is 1. The summed E-state index contributed by atoms with van der Waals surface area (Å²) >= 11 is 0. The number of fused-ring (bicyclic) bond motifs is 1. The number of aromatic nitrogens is 2. The third-order valence-corrected chi connectivity index (χ3v) is 5.59. The molecule has 0 amide bonds. The third kappa shape index (κ3) is 3.62. The molecular formula is C20H29N3O3. The number of rotatable bonds is 5. The molecule has 0 aliphatic carbocycles. The molecule has 1 aliphatic heterocycles. The summed E-state index contributed by atoms with van der Waals surface area (Å²) in [6.07, 6.45) is 3.79. The fourth-order valence-electron chi connectivity index (χ4n) is 4.42. The minimum absolute atomic E-state index is 0.231. The first-order valence-electron chi connectivity index (χ1n) is 9.33. The van der Waals surface area contributed by atoms with Crippen molar-refractivity contribution in [3.05, 3.63) is 35.2 Å². The van der Waals surface area contributed by atoms with Gasteiger partial charge in [-0.25, -0.2) is 9.31 Å². The first-order chi connectivity index (χ1) is 12.2. The van der Waals surface area contributed by atoms with Crippen molar-refractivity contribution in [2.24, 2.45) is 5.92 Å². The maximum Gasteiger partial charge on any atom is 0.338 e. The molecular weight excluding hydrogens is 330 g/mol. The topological polar surface area (TPSA) is 78.1 Å². The average molecular weight is 359 g/mol. The Bertz CT molecular complexity index is 798. The molecule has 0 radical (unpaired) electrons. The van der Waals surface area contributed by atoms with E-state index in [1.807, 2.05) is 31.4 Å². The Balaban J connectivity index is 1.84. The Morgan fingerprint density at radius 3 is 2.62 bits per heavy atom. The summed E-state index contributed by atoms with van der Waals surface area (Å²) in [6, 6.07) is 3.61. The Morgan fingerprint density at radius 2 is 2.04 bits per heavy atom. The molecule has 0 bridgehead atoms. The van der Waals surface area contributed by atoms with Crippen molar-refractivity contribution in [1.82, 2.24) is 14.5 Å². The summed E-state index contributed by atoms with van der Waals surface area (Å²) in [7, 11) is 0. The number of carboxylic acid groups (broad SMARTS) is 1. The van der Waals surface area contributed by atoms with Gasteiger partial charge in [0.25, 0.3) is 0 Å². The van der Waals surface area contributed by atoms with Crippen LogP contribution in [-0.4, -0.2) is 55.9 Å². The van der Waals surface area contributed by atoms with Gasteiger partial charge >= 0.3 is 5.97 Å². The molecule has 1 fully saturated rings. The molecule has 0 spiro atoms. The standard InChI is InChI=1S/C20H29N3O3/c1-13(15-7-10-22(11-8-15)12-20(3,4)26)18-14(2)17(19(24)25)16-6-5-9-21-23(16)18/h5-6,9,13,15,26H,7-8,10-12H2,1-4H3,(H,24,25). The van der Waals surface area contributed by atoms with Gasteiger partial charge in [0.2, 0.25) is 0 Å². The lowest BCUT2D eigenvalue weighted by Gasteiger charge is -2.37. The van der Waals surface area contributed by atoms with Crippen molar-refractivity contribution in [2.45, 2.75) is 52.1 Å². The minimum atomic E-state index is -0.897. The number of carbonyl (C=O) groups is 1. The summed E-state index contributed by atoms with van der Waals surface area (Å²) in [5.41, 5.74) is 2.19. The second kappa shape index (κ2) is 7.00. The molecule has 6 heteroatoms. The molecule has 0 saturated carbocycles. The van der Waals surface area contributed by atoms with Crippen molar-refractivity contribution in [3.63, 3.8) is 0 Å². The molecule has 142 valence electrons. The van der Waals surface area contributed by atoms with E-state index in [0.29, 0.717) is 23.5 Å². The Hall–Kier alpha value is -1.92. The highest BCUT2D eigenvalue weighted by molar-refractivity contribution is 5.98. The van der Waals surface area contributed by atoms with Crippen LogP contribution in [0.5, 0.6) is 0 Å². The number of β-amino-alcohol motifs (C(OH)–C–C–N with tert-alkyl or cyclic N) is 1. The van der Waals surface area contributed by atoms with Gasteiger partial charge < -0.3 is 15.1 Å². The summed E-state index contributed by atoms with van der Waals surface area (Å²) in [6.45, 7) is 10.4. The molecule has 26 heavy (non-hydrogen) atoms. The van der Waals surface area contributed by atoms with E-state index in [1.54, 1.807) is 12.3 Å². The van der Waals surface area contributed by atoms with Gasteiger partial charge in [0.05, 0.1) is 16.7 Å². The van der Waals surface area contributed by atoms with Gasteiger partial charge in [0.15, 0.2) is 0 Å². The maximum absolute atomic E-state index is 11.8. The number of aliphatic hydroxyl groups is 1. The molecule has 6 nitrogen and oxygen atoms in total. The summed E-state index contributed by atoms with van der Waals surface area (Å²) in [5, 5.41) is 24.1. The lowest BCUT2D eigenvalue weighted by Crippen LogP contribution is -2.43. The second-order valence-electron chi connectivity index (χ2n) is 8.23. The van der Waals surface area contributed by atoms with Crippen LogP contribution in [0.25, 0.3) is 5.52 Å². The van der Waals surface area contributed by atoms with E-state index < -0.39 is 11.6 Å². The highest BCUT2D eigenvalue weighted by Gasteiger charge is 2.31. The van der Waals surface area contributed by atoms with Crippen LogP contribution in [0.15, 0.2) is 18.3 Å². The van der Waals surface area contributed by atoms with Gasteiger partial charge in [-0.1, -0.05) is 6.92 Å². The maximum atomic E-state index is 11.8. The van der Waals surface area contributed by atoms with E-state index in [-0.39, 0.29) is 5.92 Å². The van der Waals surface area contributed by atoms with Gasteiger partial charge in [-0.15, -0.1) is 0 Å². The Morgan fingerprint density at radius 1 is 1.38 bits per heavy atom. The number of aromatic carboxylic acids is 1. The molecule has 3 rings (SSSR count). The number of hydrogen-bond donors (Lipinski definition) is 2. The predicted octanol–water partition coefficient (Wildman–Crippen LogP) is 2.93. The van der Waals surface area contributed by atoms with Gasteiger partial charge in [0.1, 0.15) is 0 Å². The Labute approximate surface area is 154 Å². The lowest BCUT2D eigenvalue weighted by atomic mass is 9.82. The minimum Gasteiger partial charge on any atom is -0.478 e. The molecule has 1 saturated heterocycles. The molecule has 2 aromatic rings. The van der Waals surface area contributed by atoms with Crippen molar-refractivity contribution in [1.29, 1.82) is 0 Å². The van der Waals surface area contributed by atoms with E-state index in [9.17, 15) is 15.0 Å². The van der Waals surface area contributed by atoms with Crippen molar-refractivity contribution in [3.8, 4) is 0 Å². The van der Waals surface area contributed by atoms with E-state index in [1.165, 1.54) is 0 Å². The third-order valence-electron chi connectivity index (χ3n) is 5.59. The quantitative estimate of drug-likeness (QED) is 0.858. The van der Waals surface area contributed by atoms with Crippen LogP contribution in [0, 0.1) is 12.8 Å². The monoisotopic (exact) mass is 359 g/mol. The fourth-order valence-corrected chi connectivity index (χ4v) is 4.42. The van der Waals surface area contributed by atoms with Gasteiger partial charge in [-0.3, -0.25) is 0 Å². The fraction of sp³-hybridized carbons (Fsp3) is 0.600. The molecule has 1 aliphatic rings. The van der Waals surface area contributed by atoms with Gasteiger partial charge in [0, 0.05) is 24.4 Å². The smallest absolute Gasteiger partial charge is 0.338 e. The van der Waals surface area contributed by atoms with Crippen molar-refractivity contribution in [2.75, 3.05) is 19.6 Å². The Kier molecular flexibility index (Phi) is 5.08. The first kappa shape index (κ1) is 18.9. The van der Waals surface area contributed by atoms with Gasteiger partial charge in [-0.05, 0) is 70.3 Å². The van der Waals surface area contributed by atoms with Crippen LogP contribution in [0.1, 0.15) is 61.1 Å². The summed E-state index contributed by atoms with van der Waals surface area (Å²) in [4.78, 5) is 14.1. The van der Waals surface area contributed by atoms with Crippen LogP contribution in [0.4, 0.5) is 0 Å². The predicted molar refractivity (Wildman–Crippen MR) is 101 cm³/mol. The zero-order valence-electron chi connectivity index (χ0n) is 16.1. The number of hydrogen-bond acceptors (Lipinski definition) is 4. The zero-order chi connectivity index (χ0) is 19.1. The van der Waals surface area contributed by atoms with E-state index in [4.69, 9.17) is 0 Å². The highest BCUT2D eigenvalue weighted by atomic mass is 16.4. The molecule has 3 heterocycles. The second-order valence-corrected chi connectivity index (χ2v) is 8.23. The molecule has 1 atom stereocenters. The normalized spacial score (nSPS) is 18.3. The van der Waals surface area contributed by atoms with Gasteiger partial charge in [-0.2, -0.15) is 5.10 Å². The van der Waals surface area contributed by atoms with Crippen LogP contribution >= 0.6 is 0 Å². The van der Waals surface area contributed by atoms with Crippen LogP contribution in [0.3, 0.4) is 0 Å². The molecule has 2 aromatic heterocycles. The summed E-state index contributed by atoms with van der Waals surface area (Å²) < 4.78 is 1.81. The lowest BCUT2D eigenvalue weighted by molar-refractivity contribution is 0.0229. The summed E-state index contributed by atoms with van der Waals surface area (Å²) in [5.74, 6) is -0.185. The van der Waals surface area contributed by atoms with E-state index in [2.05, 4.69) is 16.9 Å². The highest BCUT2D eigenvalue weighted by Crippen LogP contribution is 2.36.